The van der Waals surface area contributed by atoms with Crippen molar-refractivity contribution >= 4 is 5.69 Å². The Balaban J connectivity index is 2.09. The van der Waals surface area contributed by atoms with Crippen molar-refractivity contribution in [3.05, 3.63) is 58.7 Å². The Hall–Kier alpha value is -1.96. The number of hydrogen-bond acceptors (Lipinski definition) is 2. The van der Waals surface area contributed by atoms with Gasteiger partial charge in [0.05, 0.1) is 0 Å². The van der Waals surface area contributed by atoms with Crippen molar-refractivity contribution in [1.82, 2.24) is 0 Å². The van der Waals surface area contributed by atoms with E-state index in [9.17, 15) is 0 Å². The van der Waals surface area contributed by atoms with Gasteiger partial charge < -0.3 is 10.5 Å². The lowest BCUT2D eigenvalue weighted by molar-refractivity contribution is 0.304. The van der Waals surface area contributed by atoms with E-state index in [1.165, 1.54) is 16.7 Å². The lowest BCUT2D eigenvalue weighted by Gasteiger charge is -2.10. The average molecular weight is 241 g/mol. The third-order valence-electron chi connectivity index (χ3n) is 3.16. The van der Waals surface area contributed by atoms with Crippen molar-refractivity contribution < 1.29 is 4.74 Å². The van der Waals surface area contributed by atoms with Gasteiger partial charge in [0.15, 0.2) is 0 Å². The van der Waals surface area contributed by atoms with Crippen LogP contribution in [0.5, 0.6) is 5.75 Å². The van der Waals surface area contributed by atoms with Gasteiger partial charge in [-0.2, -0.15) is 0 Å². The van der Waals surface area contributed by atoms with Crippen LogP contribution in [0.2, 0.25) is 0 Å². The molecule has 0 saturated carbocycles. The number of hydrogen-bond donors (Lipinski definition) is 1. The molecule has 0 aromatic heterocycles. The van der Waals surface area contributed by atoms with Gasteiger partial charge in [-0.05, 0) is 61.2 Å². The molecule has 0 bridgehead atoms. The number of nitrogen functional groups attached to an aromatic ring is 1. The van der Waals surface area contributed by atoms with Crippen LogP contribution in [0.3, 0.4) is 0 Å². The molecule has 2 aromatic carbocycles. The van der Waals surface area contributed by atoms with Crippen LogP contribution in [0.4, 0.5) is 5.69 Å². The number of ether oxygens (including phenoxy) is 1. The lowest BCUT2D eigenvalue weighted by Crippen LogP contribution is -1.98. The molecular formula is C16H19NO. The van der Waals surface area contributed by atoms with Crippen molar-refractivity contribution in [2.45, 2.75) is 27.4 Å². The summed E-state index contributed by atoms with van der Waals surface area (Å²) in [5.41, 5.74) is 11.3. The minimum Gasteiger partial charge on any atom is -0.489 e. The van der Waals surface area contributed by atoms with Gasteiger partial charge in [0, 0.05) is 5.69 Å². The average Bonchev–Trinajstić information content (AvgIpc) is 2.32. The number of aryl methyl sites for hydroxylation is 3. The van der Waals surface area contributed by atoms with Crippen LogP contribution in [0.25, 0.3) is 0 Å². The lowest BCUT2D eigenvalue weighted by atomic mass is 10.1. The molecule has 2 N–H and O–H groups in total. The van der Waals surface area contributed by atoms with Crippen molar-refractivity contribution in [2.24, 2.45) is 0 Å². The fourth-order valence-corrected chi connectivity index (χ4v) is 1.89. The standard InChI is InChI=1S/C16H19NO/c1-11-4-5-14(8-12(11)2)10-18-16-7-6-15(17)9-13(16)3/h4-9H,10,17H2,1-3H3. The number of anilines is 1. The molecule has 2 aromatic rings. The normalized spacial score (nSPS) is 10.4. The first kappa shape index (κ1) is 12.5. The highest BCUT2D eigenvalue weighted by Crippen LogP contribution is 2.21. The van der Waals surface area contributed by atoms with Crippen molar-refractivity contribution in [2.75, 3.05) is 5.73 Å². The van der Waals surface area contributed by atoms with E-state index >= 15 is 0 Å². The van der Waals surface area contributed by atoms with Crippen LogP contribution < -0.4 is 10.5 Å². The number of nitrogens with two attached hydrogens (primary N) is 1. The second-order valence-electron chi connectivity index (χ2n) is 4.73. The molecule has 0 atom stereocenters. The predicted octanol–water partition coefficient (Wildman–Crippen LogP) is 3.77. The Morgan fingerprint density at radius 2 is 1.67 bits per heavy atom. The molecule has 0 radical (unpaired) electrons. The van der Waals surface area contributed by atoms with Gasteiger partial charge in [-0.3, -0.25) is 0 Å². The van der Waals surface area contributed by atoms with Gasteiger partial charge in [-0.15, -0.1) is 0 Å². The molecule has 0 saturated heterocycles. The highest BCUT2D eigenvalue weighted by Gasteiger charge is 2.01. The summed E-state index contributed by atoms with van der Waals surface area (Å²) in [7, 11) is 0. The molecule has 0 aliphatic heterocycles. The van der Waals surface area contributed by atoms with E-state index in [1.54, 1.807) is 0 Å². The van der Waals surface area contributed by atoms with Gasteiger partial charge in [-0.1, -0.05) is 18.2 Å². The summed E-state index contributed by atoms with van der Waals surface area (Å²) in [4.78, 5) is 0. The summed E-state index contributed by atoms with van der Waals surface area (Å²) in [6.07, 6.45) is 0. The maximum absolute atomic E-state index is 5.82. The van der Waals surface area contributed by atoms with Gasteiger partial charge in [0.1, 0.15) is 12.4 Å². The van der Waals surface area contributed by atoms with E-state index in [-0.39, 0.29) is 0 Å². The van der Waals surface area contributed by atoms with Gasteiger partial charge >= 0.3 is 0 Å². The molecule has 94 valence electrons. The molecule has 0 amide bonds. The molecular weight excluding hydrogens is 222 g/mol. The van der Waals surface area contributed by atoms with Gasteiger partial charge in [0.2, 0.25) is 0 Å². The molecule has 0 spiro atoms. The van der Waals surface area contributed by atoms with E-state index in [0.717, 1.165) is 17.0 Å². The third-order valence-corrected chi connectivity index (χ3v) is 3.16. The van der Waals surface area contributed by atoms with Crippen molar-refractivity contribution in [3.8, 4) is 5.75 Å². The minimum atomic E-state index is 0.589. The number of benzene rings is 2. The maximum atomic E-state index is 5.82. The van der Waals surface area contributed by atoms with Crippen LogP contribution in [0.1, 0.15) is 22.3 Å². The minimum absolute atomic E-state index is 0.589. The molecule has 2 nitrogen and oxygen atoms in total. The van der Waals surface area contributed by atoms with E-state index < -0.39 is 0 Å². The summed E-state index contributed by atoms with van der Waals surface area (Å²) < 4.78 is 5.82. The summed E-state index contributed by atoms with van der Waals surface area (Å²) in [6, 6.07) is 12.1. The van der Waals surface area contributed by atoms with E-state index in [0.29, 0.717) is 6.61 Å². The Morgan fingerprint density at radius 1 is 0.889 bits per heavy atom. The van der Waals surface area contributed by atoms with Crippen LogP contribution in [0, 0.1) is 20.8 Å². The van der Waals surface area contributed by atoms with Crippen molar-refractivity contribution in [1.29, 1.82) is 0 Å². The smallest absolute Gasteiger partial charge is 0.122 e. The molecule has 18 heavy (non-hydrogen) atoms. The zero-order chi connectivity index (χ0) is 13.1. The summed E-state index contributed by atoms with van der Waals surface area (Å²) in [6.45, 7) is 6.83. The zero-order valence-corrected chi connectivity index (χ0v) is 11.2. The highest BCUT2D eigenvalue weighted by atomic mass is 16.5. The molecule has 2 rings (SSSR count). The third kappa shape index (κ3) is 2.83. The SMILES string of the molecule is Cc1ccc(COc2ccc(N)cc2C)cc1C. The molecule has 0 aliphatic carbocycles. The predicted molar refractivity (Wildman–Crippen MR) is 75.8 cm³/mol. The first-order valence-corrected chi connectivity index (χ1v) is 6.11. The Labute approximate surface area is 108 Å². The quantitative estimate of drug-likeness (QED) is 0.830. The van der Waals surface area contributed by atoms with E-state index in [1.807, 2.05) is 25.1 Å². The second-order valence-corrected chi connectivity index (χ2v) is 4.73. The fraction of sp³-hybridized carbons (Fsp3) is 0.250. The maximum Gasteiger partial charge on any atom is 0.122 e. The largest absolute Gasteiger partial charge is 0.489 e. The topological polar surface area (TPSA) is 35.2 Å². The van der Waals surface area contributed by atoms with Crippen LogP contribution in [-0.4, -0.2) is 0 Å². The van der Waals surface area contributed by atoms with Crippen LogP contribution >= 0.6 is 0 Å². The summed E-state index contributed by atoms with van der Waals surface area (Å²) in [5, 5.41) is 0. The Bertz CT molecular complexity index is 561. The van der Waals surface area contributed by atoms with Crippen LogP contribution in [-0.2, 0) is 6.61 Å². The van der Waals surface area contributed by atoms with Crippen LogP contribution in [0.15, 0.2) is 36.4 Å². The zero-order valence-electron chi connectivity index (χ0n) is 11.2. The molecule has 0 fully saturated rings. The van der Waals surface area contributed by atoms with E-state index in [4.69, 9.17) is 10.5 Å². The highest BCUT2D eigenvalue weighted by molar-refractivity contribution is 5.47. The van der Waals surface area contributed by atoms with Crippen molar-refractivity contribution in [3.63, 3.8) is 0 Å². The molecule has 2 heteroatoms. The summed E-state index contributed by atoms with van der Waals surface area (Å²) >= 11 is 0. The first-order valence-electron chi connectivity index (χ1n) is 6.11. The Morgan fingerprint density at radius 3 is 2.33 bits per heavy atom. The number of rotatable bonds is 3. The Kier molecular flexibility index (Phi) is 3.56. The van der Waals surface area contributed by atoms with E-state index in [2.05, 4.69) is 32.0 Å². The fourth-order valence-electron chi connectivity index (χ4n) is 1.89. The molecule has 0 aliphatic rings. The summed E-state index contributed by atoms with van der Waals surface area (Å²) in [5.74, 6) is 0.891. The molecule has 0 unspecified atom stereocenters. The first-order chi connectivity index (χ1) is 8.56. The molecule has 0 heterocycles. The van der Waals surface area contributed by atoms with Gasteiger partial charge in [0.25, 0.3) is 0 Å². The van der Waals surface area contributed by atoms with Gasteiger partial charge in [-0.25, -0.2) is 0 Å². The monoisotopic (exact) mass is 241 g/mol. The second kappa shape index (κ2) is 5.13.